The van der Waals surface area contributed by atoms with E-state index in [0.29, 0.717) is 12.4 Å². The molecule has 1 aromatic carbocycles. The van der Waals surface area contributed by atoms with E-state index in [0.717, 1.165) is 29.5 Å². The number of unbranched alkanes of at least 4 members (excludes halogenated alkanes) is 1. The number of aryl methyl sites for hydroxylation is 1. The topological polar surface area (TPSA) is 54.7 Å². The Hall–Kier alpha value is -2.34. The van der Waals surface area contributed by atoms with Crippen LogP contribution in [0.2, 0.25) is 0 Å². The molecule has 0 amide bonds. The van der Waals surface area contributed by atoms with Crippen LogP contribution in [0.25, 0.3) is 16.5 Å². The summed E-state index contributed by atoms with van der Waals surface area (Å²) in [5.41, 5.74) is 3.05. The van der Waals surface area contributed by atoms with Gasteiger partial charge in [0.25, 0.3) is 10.0 Å². The summed E-state index contributed by atoms with van der Waals surface area (Å²) in [6, 6.07) is 8.40. The second-order valence-corrected chi connectivity index (χ2v) is 8.21. The molecule has 1 aromatic heterocycles. The van der Waals surface area contributed by atoms with Crippen LogP contribution in [0.5, 0.6) is 0 Å². The maximum Gasteiger partial charge on any atom is 0.256 e. The average molecular weight is 355 g/mol. The zero-order chi connectivity index (χ0) is 17.4. The summed E-state index contributed by atoms with van der Waals surface area (Å²) in [6.07, 6.45) is 10.2. The van der Waals surface area contributed by atoms with Crippen LogP contribution in [0.1, 0.15) is 25.3 Å². The van der Waals surface area contributed by atoms with Crippen molar-refractivity contribution in [3.63, 3.8) is 0 Å². The second kappa shape index (κ2) is 6.19. The summed E-state index contributed by atoms with van der Waals surface area (Å²) in [4.78, 5) is 1.91. The third-order valence-corrected chi connectivity index (χ3v) is 5.84. The number of nitrogens with zero attached hydrogens (tertiary/aromatic N) is 3. The molecule has 5 nitrogen and oxygen atoms in total. The molecule has 0 saturated heterocycles. The number of hydrogen-bond acceptors (Lipinski definition) is 3. The van der Waals surface area contributed by atoms with E-state index in [9.17, 15) is 8.42 Å². The van der Waals surface area contributed by atoms with Crippen molar-refractivity contribution in [2.24, 2.45) is 4.40 Å². The zero-order valence-electron chi connectivity index (χ0n) is 14.2. The second-order valence-electron chi connectivity index (χ2n) is 6.45. The van der Waals surface area contributed by atoms with Gasteiger partial charge in [0.2, 0.25) is 0 Å². The molecule has 3 heterocycles. The highest BCUT2D eigenvalue weighted by Crippen LogP contribution is 2.28. The first-order valence-corrected chi connectivity index (χ1v) is 10.3. The van der Waals surface area contributed by atoms with E-state index in [1.807, 2.05) is 23.3 Å². The highest BCUT2D eigenvalue weighted by molar-refractivity contribution is 7.90. The first-order chi connectivity index (χ1) is 12.1. The number of amidine groups is 1. The Kier molecular flexibility index (Phi) is 4.00. The number of sulfonamides is 1. The van der Waals surface area contributed by atoms with Gasteiger partial charge in [-0.15, -0.1) is 4.40 Å². The summed E-state index contributed by atoms with van der Waals surface area (Å²) < 4.78 is 30.1. The highest BCUT2D eigenvalue weighted by Gasteiger charge is 2.27. The van der Waals surface area contributed by atoms with Crippen LogP contribution >= 0.6 is 0 Å². The predicted molar refractivity (Wildman–Crippen MR) is 102 cm³/mol. The Morgan fingerprint density at radius 1 is 1.24 bits per heavy atom. The number of allylic oxidation sites excluding steroid dienone is 2. The maximum absolute atomic E-state index is 11.9. The minimum Gasteiger partial charge on any atom is -0.347 e. The molecule has 4 rings (SSSR count). The van der Waals surface area contributed by atoms with Crippen LogP contribution in [-0.2, 0) is 16.6 Å². The molecule has 0 spiro atoms. The molecule has 0 fully saturated rings. The van der Waals surface area contributed by atoms with Crippen molar-refractivity contribution >= 4 is 32.3 Å². The molecule has 6 heteroatoms. The van der Waals surface area contributed by atoms with E-state index in [1.54, 1.807) is 0 Å². The number of fused-ring (bicyclic) bond motifs is 2. The molecule has 0 N–H and O–H groups in total. The van der Waals surface area contributed by atoms with Gasteiger partial charge in [-0.1, -0.05) is 19.4 Å². The summed E-state index contributed by atoms with van der Waals surface area (Å²) >= 11 is 0. The number of benzene rings is 1. The van der Waals surface area contributed by atoms with E-state index in [2.05, 4.69) is 46.4 Å². The lowest BCUT2D eigenvalue weighted by Crippen LogP contribution is -2.37. The van der Waals surface area contributed by atoms with Gasteiger partial charge in [-0.3, -0.25) is 0 Å². The van der Waals surface area contributed by atoms with E-state index >= 15 is 0 Å². The van der Waals surface area contributed by atoms with Crippen LogP contribution in [0.3, 0.4) is 0 Å². The van der Waals surface area contributed by atoms with E-state index in [-0.39, 0.29) is 5.75 Å². The summed E-state index contributed by atoms with van der Waals surface area (Å²) in [5.74, 6) is 0.589. The zero-order valence-corrected chi connectivity index (χ0v) is 15.0. The quantitative estimate of drug-likeness (QED) is 0.845. The number of hydrogen-bond donors (Lipinski definition) is 0. The lowest BCUT2D eigenvalue weighted by Gasteiger charge is -2.29. The van der Waals surface area contributed by atoms with Crippen molar-refractivity contribution < 1.29 is 8.42 Å². The van der Waals surface area contributed by atoms with Crippen LogP contribution in [-0.4, -0.2) is 36.0 Å². The minimum absolute atomic E-state index is 0.0629. The third-order valence-electron chi connectivity index (χ3n) is 4.69. The SMILES string of the molecule is CCCCn1ccc2cc(C3=CC=CN4CCS(=O)(=O)N=C34)ccc21. The maximum atomic E-state index is 11.9. The molecule has 2 aliphatic heterocycles. The molecule has 2 aromatic rings. The molecule has 0 saturated carbocycles. The van der Waals surface area contributed by atoms with Gasteiger partial charge in [0.1, 0.15) is 0 Å². The lowest BCUT2D eigenvalue weighted by atomic mass is 10.0. The minimum atomic E-state index is -3.38. The van der Waals surface area contributed by atoms with Gasteiger partial charge >= 0.3 is 0 Å². The van der Waals surface area contributed by atoms with Gasteiger partial charge in [0, 0.05) is 42.0 Å². The Labute approximate surface area is 148 Å². The van der Waals surface area contributed by atoms with Gasteiger partial charge in [-0.2, -0.15) is 0 Å². The van der Waals surface area contributed by atoms with E-state index in [4.69, 9.17) is 0 Å². The Bertz CT molecular complexity index is 1010. The molecule has 0 atom stereocenters. The standard InChI is InChI=1S/C19H21N3O2S/c1-2-3-9-21-11-8-16-14-15(6-7-18(16)21)17-5-4-10-22-12-13-25(23,24)20-19(17)22/h4-8,10-11,14H,2-3,9,12-13H2,1H3. The molecule has 2 aliphatic rings. The van der Waals surface area contributed by atoms with Crippen LogP contribution in [0.15, 0.2) is 53.2 Å². The van der Waals surface area contributed by atoms with Crippen LogP contribution in [0, 0.1) is 0 Å². The summed E-state index contributed by atoms with van der Waals surface area (Å²) in [6.45, 7) is 3.66. The van der Waals surface area contributed by atoms with Gasteiger partial charge in [0.15, 0.2) is 5.84 Å². The van der Waals surface area contributed by atoms with Crippen molar-refractivity contribution in [3.05, 3.63) is 54.4 Å². The monoisotopic (exact) mass is 355 g/mol. The molecular weight excluding hydrogens is 334 g/mol. The summed E-state index contributed by atoms with van der Waals surface area (Å²) in [5, 5.41) is 1.16. The van der Waals surface area contributed by atoms with Crippen molar-refractivity contribution in [1.29, 1.82) is 0 Å². The van der Waals surface area contributed by atoms with Gasteiger partial charge < -0.3 is 9.47 Å². The smallest absolute Gasteiger partial charge is 0.256 e. The highest BCUT2D eigenvalue weighted by atomic mass is 32.2. The van der Waals surface area contributed by atoms with Crippen molar-refractivity contribution in [3.8, 4) is 0 Å². The fourth-order valence-corrected chi connectivity index (χ4v) is 4.32. The van der Waals surface area contributed by atoms with Crippen LogP contribution < -0.4 is 0 Å². The van der Waals surface area contributed by atoms with Gasteiger partial charge in [-0.25, -0.2) is 8.42 Å². The fourth-order valence-electron chi connectivity index (χ4n) is 3.33. The number of aromatic nitrogens is 1. The lowest BCUT2D eigenvalue weighted by molar-refractivity contribution is 0.550. The van der Waals surface area contributed by atoms with Crippen molar-refractivity contribution in [1.82, 2.24) is 9.47 Å². The molecule has 130 valence electrons. The van der Waals surface area contributed by atoms with Crippen molar-refractivity contribution in [2.75, 3.05) is 12.3 Å². The first kappa shape index (κ1) is 16.1. The average Bonchev–Trinajstić information content (AvgIpc) is 3.01. The molecule has 0 bridgehead atoms. The fraction of sp³-hybridized carbons (Fsp3) is 0.316. The first-order valence-electron chi connectivity index (χ1n) is 8.65. The Morgan fingerprint density at radius 3 is 2.96 bits per heavy atom. The predicted octanol–water partition coefficient (Wildman–Crippen LogP) is 3.40. The number of rotatable bonds is 4. The third kappa shape index (κ3) is 3.02. The van der Waals surface area contributed by atoms with E-state index in [1.165, 1.54) is 11.9 Å². The van der Waals surface area contributed by atoms with Gasteiger partial charge in [0.05, 0.1) is 5.75 Å². The molecule has 0 unspecified atom stereocenters. The molecule has 25 heavy (non-hydrogen) atoms. The van der Waals surface area contributed by atoms with Crippen LogP contribution in [0.4, 0.5) is 0 Å². The normalized spacial score (nSPS) is 18.8. The molecule has 0 aliphatic carbocycles. The Morgan fingerprint density at radius 2 is 2.12 bits per heavy atom. The molecule has 0 radical (unpaired) electrons. The van der Waals surface area contributed by atoms with Crippen molar-refractivity contribution in [2.45, 2.75) is 26.3 Å². The van der Waals surface area contributed by atoms with Gasteiger partial charge in [-0.05, 0) is 42.3 Å². The summed E-state index contributed by atoms with van der Waals surface area (Å²) in [7, 11) is -3.38. The van der Waals surface area contributed by atoms with E-state index < -0.39 is 10.0 Å². The Balaban J connectivity index is 1.75. The largest absolute Gasteiger partial charge is 0.347 e. The molecular formula is C19H21N3O2S.